The van der Waals surface area contributed by atoms with E-state index in [2.05, 4.69) is 18.4 Å². The third-order valence-corrected chi connectivity index (χ3v) is 8.08. The summed E-state index contributed by atoms with van der Waals surface area (Å²) < 4.78 is 0. The highest BCUT2D eigenvalue weighted by molar-refractivity contribution is 7.10. The van der Waals surface area contributed by atoms with Gasteiger partial charge in [0.1, 0.15) is 0 Å². The molecule has 1 aliphatic rings. The minimum atomic E-state index is -0.725. The molecule has 2 amide bonds. The highest BCUT2D eigenvalue weighted by Crippen LogP contribution is 2.41. The van der Waals surface area contributed by atoms with Crippen LogP contribution in [0.4, 0.5) is 0 Å². The first kappa shape index (κ1) is 25.4. The van der Waals surface area contributed by atoms with E-state index < -0.39 is 5.41 Å². The van der Waals surface area contributed by atoms with Gasteiger partial charge in [0.15, 0.2) is 0 Å². The van der Waals surface area contributed by atoms with E-state index >= 15 is 0 Å². The molecule has 2 aromatic rings. The molecule has 8 heteroatoms. The van der Waals surface area contributed by atoms with Gasteiger partial charge in [-0.15, -0.1) is 22.9 Å². The Morgan fingerprint density at radius 3 is 2.62 bits per heavy atom. The maximum absolute atomic E-state index is 13.6. The summed E-state index contributed by atoms with van der Waals surface area (Å²) in [5.41, 5.74) is 1.21. The van der Waals surface area contributed by atoms with Crippen LogP contribution in [-0.4, -0.2) is 47.1 Å². The number of unbranched alkanes of at least 4 members (excludes halogenated alkanes) is 1. The van der Waals surface area contributed by atoms with Gasteiger partial charge in [-0.25, -0.2) is 0 Å². The highest BCUT2D eigenvalue weighted by atomic mass is 35.5. The molecule has 32 heavy (non-hydrogen) atoms. The van der Waals surface area contributed by atoms with Crippen LogP contribution in [0.1, 0.15) is 55.7 Å². The molecule has 3 rings (SSSR count). The Balaban J connectivity index is 1.93. The fourth-order valence-corrected chi connectivity index (χ4v) is 5.51. The normalized spacial score (nSPS) is 16.1. The number of alkyl halides is 1. The Bertz CT molecular complexity index is 976. The van der Waals surface area contributed by atoms with Gasteiger partial charge in [0, 0.05) is 33.9 Å². The Kier molecular flexibility index (Phi) is 8.53. The second kappa shape index (κ2) is 10.8. The minimum Gasteiger partial charge on any atom is -0.333 e. The topological polar surface area (TPSA) is 40.6 Å². The predicted octanol–water partition coefficient (Wildman–Crippen LogP) is 6.42. The highest BCUT2D eigenvalue weighted by Gasteiger charge is 2.37. The van der Waals surface area contributed by atoms with E-state index in [0.717, 1.165) is 30.4 Å². The van der Waals surface area contributed by atoms with Gasteiger partial charge in [0.05, 0.1) is 18.0 Å². The number of rotatable bonds is 8. The zero-order valence-corrected chi connectivity index (χ0v) is 21.8. The SMILES string of the molecule is CCCCN(CC(=O)N1CCc2sccc2C1c1ccc(Cl)cc1Cl)C(=O)C(C)(C)CCl. The Morgan fingerprint density at radius 1 is 1.22 bits per heavy atom. The first-order valence-electron chi connectivity index (χ1n) is 10.9. The van der Waals surface area contributed by atoms with Gasteiger partial charge in [-0.05, 0) is 61.4 Å². The Morgan fingerprint density at radius 2 is 1.97 bits per heavy atom. The number of hydrogen-bond donors (Lipinski definition) is 0. The Labute approximate surface area is 209 Å². The third kappa shape index (κ3) is 5.44. The van der Waals surface area contributed by atoms with Gasteiger partial charge >= 0.3 is 0 Å². The van der Waals surface area contributed by atoms with Crippen LogP contribution >= 0.6 is 46.1 Å². The monoisotopic (exact) mass is 514 g/mol. The number of hydrogen-bond acceptors (Lipinski definition) is 3. The summed E-state index contributed by atoms with van der Waals surface area (Å²) in [5.74, 6) is 0.0180. The molecule has 0 saturated carbocycles. The van der Waals surface area contributed by atoms with Crippen molar-refractivity contribution in [2.45, 2.75) is 46.1 Å². The van der Waals surface area contributed by atoms with Crippen molar-refractivity contribution in [1.29, 1.82) is 0 Å². The largest absolute Gasteiger partial charge is 0.333 e. The molecule has 0 fully saturated rings. The fourth-order valence-electron chi connectivity index (χ4n) is 3.98. The predicted molar refractivity (Wildman–Crippen MR) is 134 cm³/mol. The molecule has 174 valence electrons. The van der Waals surface area contributed by atoms with Crippen LogP contribution in [0.25, 0.3) is 0 Å². The zero-order chi connectivity index (χ0) is 23.5. The average molecular weight is 516 g/mol. The van der Waals surface area contributed by atoms with Crippen LogP contribution in [0.15, 0.2) is 29.6 Å². The van der Waals surface area contributed by atoms with Crippen molar-refractivity contribution in [2.24, 2.45) is 5.41 Å². The number of fused-ring (bicyclic) bond motifs is 1. The maximum Gasteiger partial charge on any atom is 0.242 e. The van der Waals surface area contributed by atoms with Crippen LogP contribution in [0.3, 0.4) is 0 Å². The van der Waals surface area contributed by atoms with Crippen LogP contribution in [-0.2, 0) is 16.0 Å². The summed E-state index contributed by atoms with van der Waals surface area (Å²) in [6.07, 6.45) is 2.55. The van der Waals surface area contributed by atoms with Crippen LogP contribution in [0.5, 0.6) is 0 Å². The molecular weight excluding hydrogens is 487 g/mol. The summed E-state index contributed by atoms with van der Waals surface area (Å²) in [4.78, 5) is 31.5. The number of nitrogens with zero attached hydrogens (tertiary/aromatic N) is 2. The van der Waals surface area contributed by atoms with Crippen LogP contribution in [0, 0.1) is 5.41 Å². The van der Waals surface area contributed by atoms with Crippen molar-refractivity contribution in [3.63, 3.8) is 0 Å². The lowest BCUT2D eigenvalue weighted by atomic mass is 9.92. The van der Waals surface area contributed by atoms with E-state index in [1.165, 1.54) is 4.88 Å². The van der Waals surface area contributed by atoms with Gasteiger partial charge in [0.2, 0.25) is 11.8 Å². The smallest absolute Gasteiger partial charge is 0.242 e. The third-order valence-electron chi connectivity index (χ3n) is 5.85. The molecule has 0 radical (unpaired) electrons. The molecule has 2 heterocycles. The lowest BCUT2D eigenvalue weighted by molar-refractivity contribution is -0.146. The van der Waals surface area contributed by atoms with Crippen molar-refractivity contribution in [1.82, 2.24) is 9.80 Å². The number of thiophene rings is 1. The standard InChI is InChI=1S/C24H29Cl3N2O2S/c1-4-5-10-28(23(31)24(2,3)15-25)14-21(30)29-11-8-20-18(9-12-32-20)22(29)17-7-6-16(26)13-19(17)27/h6-7,9,12-13,22H,4-5,8,10-11,14-15H2,1-3H3. The van der Waals surface area contributed by atoms with E-state index in [4.69, 9.17) is 34.8 Å². The quantitative estimate of drug-likeness (QED) is 0.380. The van der Waals surface area contributed by atoms with Crippen molar-refractivity contribution in [2.75, 3.05) is 25.5 Å². The summed E-state index contributed by atoms with van der Waals surface area (Å²) in [6.45, 7) is 6.84. The van der Waals surface area contributed by atoms with Gasteiger partial charge < -0.3 is 9.80 Å². The molecule has 1 atom stereocenters. The van der Waals surface area contributed by atoms with Crippen LogP contribution in [0.2, 0.25) is 10.0 Å². The summed E-state index contributed by atoms with van der Waals surface area (Å²) in [6, 6.07) is 7.16. The van der Waals surface area contributed by atoms with E-state index in [1.807, 2.05) is 24.8 Å². The molecule has 1 unspecified atom stereocenters. The summed E-state index contributed by atoms with van der Waals surface area (Å²) >= 11 is 20.5. The van der Waals surface area contributed by atoms with Crippen LogP contribution < -0.4 is 0 Å². The fraction of sp³-hybridized carbons (Fsp3) is 0.500. The van der Waals surface area contributed by atoms with Gasteiger partial charge in [-0.2, -0.15) is 0 Å². The molecule has 1 aromatic heterocycles. The van der Waals surface area contributed by atoms with Crippen molar-refractivity contribution in [3.8, 4) is 0 Å². The zero-order valence-electron chi connectivity index (χ0n) is 18.7. The first-order valence-corrected chi connectivity index (χ1v) is 13.0. The van der Waals surface area contributed by atoms with Gasteiger partial charge in [0.25, 0.3) is 0 Å². The number of carbonyl (C=O) groups excluding carboxylic acids is 2. The number of benzene rings is 1. The van der Waals surface area contributed by atoms with Gasteiger partial charge in [-0.1, -0.05) is 42.6 Å². The van der Waals surface area contributed by atoms with Crippen molar-refractivity contribution in [3.05, 3.63) is 55.7 Å². The summed E-state index contributed by atoms with van der Waals surface area (Å²) in [5, 5.41) is 3.13. The molecule has 4 nitrogen and oxygen atoms in total. The summed E-state index contributed by atoms with van der Waals surface area (Å²) in [7, 11) is 0. The van der Waals surface area contributed by atoms with E-state index in [-0.39, 0.29) is 30.3 Å². The first-order chi connectivity index (χ1) is 15.2. The number of amides is 2. The lowest BCUT2D eigenvalue weighted by Gasteiger charge is -2.39. The number of halogens is 3. The second-order valence-corrected chi connectivity index (χ2v) is 10.9. The second-order valence-electron chi connectivity index (χ2n) is 8.80. The van der Waals surface area contributed by atoms with E-state index in [1.54, 1.807) is 28.4 Å². The molecule has 0 aliphatic carbocycles. The minimum absolute atomic E-state index is 0.0281. The average Bonchev–Trinajstić information content (AvgIpc) is 3.24. The maximum atomic E-state index is 13.6. The van der Waals surface area contributed by atoms with E-state index in [9.17, 15) is 9.59 Å². The van der Waals surface area contributed by atoms with Gasteiger partial charge in [-0.3, -0.25) is 9.59 Å². The molecule has 0 bridgehead atoms. The molecular formula is C24H29Cl3N2O2S. The van der Waals surface area contributed by atoms with Crippen molar-refractivity contribution < 1.29 is 9.59 Å². The Hall–Kier alpha value is -1.27. The molecule has 1 aromatic carbocycles. The molecule has 0 N–H and O–H groups in total. The van der Waals surface area contributed by atoms with E-state index in [0.29, 0.717) is 23.1 Å². The van der Waals surface area contributed by atoms with Crippen molar-refractivity contribution >= 4 is 58.0 Å². The molecule has 1 aliphatic heterocycles. The number of carbonyl (C=O) groups is 2. The molecule has 0 spiro atoms. The molecule has 0 saturated heterocycles. The lowest BCUT2D eigenvalue weighted by Crippen LogP contribution is -2.50.